The predicted octanol–water partition coefficient (Wildman–Crippen LogP) is 2.82. The first kappa shape index (κ1) is 15.6. The van der Waals surface area contributed by atoms with Crippen molar-refractivity contribution in [3.63, 3.8) is 0 Å². The Morgan fingerprint density at radius 2 is 2.09 bits per heavy atom. The third kappa shape index (κ3) is 2.95. The van der Waals surface area contributed by atoms with Gasteiger partial charge in [0.2, 0.25) is 5.89 Å². The lowest BCUT2D eigenvalue weighted by molar-refractivity contribution is 0.270. The van der Waals surface area contributed by atoms with Crippen LogP contribution in [-0.4, -0.2) is 36.0 Å². The van der Waals surface area contributed by atoms with Gasteiger partial charge in [0.25, 0.3) is 10.0 Å². The van der Waals surface area contributed by atoms with Crippen molar-refractivity contribution in [2.45, 2.75) is 42.7 Å². The van der Waals surface area contributed by atoms with Gasteiger partial charge in [-0.1, -0.05) is 25.1 Å². The van der Waals surface area contributed by atoms with Gasteiger partial charge in [0.1, 0.15) is 4.21 Å². The van der Waals surface area contributed by atoms with E-state index in [1.165, 1.54) is 11.3 Å². The maximum atomic E-state index is 12.5. The van der Waals surface area contributed by atoms with E-state index in [4.69, 9.17) is 4.52 Å². The molecule has 22 heavy (non-hydrogen) atoms. The third-order valence-corrected chi connectivity index (χ3v) is 7.14. The normalized spacial score (nSPS) is 18.1. The monoisotopic (exact) mass is 341 g/mol. The van der Waals surface area contributed by atoms with Crippen molar-refractivity contribution in [1.82, 2.24) is 14.4 Å². The second kappa shape index (κ2) is 6.10. The fourth-order valence-electron chi connectivity index (χ4n) is 2.53. The molecule has 1 saturated heterocycles. The predicted molar refractivity (Wildman–Crippen MR) is 83.4 cm³/mol. The molecular formula is C14H19N3O3S2. The molecule has 2 aromatic heterocycles. The molecule has 0 unspecified atom stereocenters. The number of sulfonamides is 1. The van der Waals surface area contributed by atoms with Gasteiger partial charge in [-0.2, -0.15) is 9.29 Å². The highest BCUT2D eigenvalue weighted by Gasteiger charge is 2.32. The van der Waals surface area contributed by atoms with Gasteiger partial charge in [0, 0.05) is 24.9 Å². The quantitative estimate of drug-likeness (QED) is 0.854. The van der Waals surface area contributed by atoms with Crippen LogP contribution in [0.2, 0.25) is 0 Å². The van der Waals surface area contributed by atoms with E-state index in [2.05, 4.69) is 10.1 Å². The average molecular weight is 341 g/mol. The summed E-state index contributed by atoms with van der Waals surface area (Å²) in [5, 5.41) is 5.77. The number of hydrogen-bond donors (Lipinski definition) is 0. The summed E-state index contributed by atoms with van der Waals surface area (Å²) in [5.74, 6) is 1.73. The molecule has 3 heterocycles. The number of aromatic nitrogens is 2. The number of hydrogen-bond acceptors (Lipinski definition) is 6. The summed E-state index contributed by atoms with van der Waals surface area (Å²) in [6, 6.07) is 3.41. The summed E-state index contributed by atoms with van der Waals surface area (Å²) in [5.41, 5.74) is 0. The number of thiophene rings is 1. The second-order valence-electron chi connectivity index (χ2n) is 5.76. The van der Waals surface area contributed by atoms with Crippen molar-refractivity contribution in [2.75, 3.05) is 13.1 Å². The van der Waals surface area contributed by atoms with Crippen molar-refractivity contribution in [1.29, 1.82) is 0 Å². The largest absolute Gasteiger partial charge is 0.339 e. The van der Waals surface area contributed by atoms with Gasteiger partial charge in [0.05, 0.1) is 0 Å². The van der Waals surface area contributed by atoms with Crippen LogP contribution in [-0.2, 0) is 10.0 Å². The van der Waals surface area contributed by atoms with E-state index in [-0.39, 0.29) is 11.8 Å². The molecule has 1 aliphatic heterocycles. The summed E-state index contributed by atoms with van der Waals surface area (Å²) in [7, 11) is -3.35. The summed E-state index contributed by atoms with van der Waals surface area (Å²) >= 11 is 1.26. The molecule has 0 N–H and O–H groups in total. The molecule has 0 spiro atoms. The van der Waals surface area contributed by atoms with Gasteiger partial charge in [0.15, 0.2) is 5.82 Å². The lowest BCUT2D eigenvalue weighted by Crippen LogP contribution is -2.37. The van der Waals surface area contributed by atoms with Crippen molar-refractivity contribution in [2.24, 2.45) is 0 Å². The van der Waals surface area contributed by atoms with Crippen LogP contribution in [0, 0.1) is 0 Å². The van der Waals surface area contributed by atoms with Crippen LogP contribution < -0.4 is 0 Å². The Morgan fingerprint density at radius 3 is 2.64 bits per heavy atom. The number of rotatable bonds is 4. The summed E-state index contributed by atoms with van der Waals surface area (Å²) in [4.78, 5) is 4.43. The zero-order valence-electron chi connectivity index (χ0n) is 12.6. The molecule has 2 aromatic rings. The molecule has 0 aliphatic carbocycles. The maximum absolute atomic E-state index is 12.5. The van der Waals surface area contributed by atoms with Crippen LogP contribution >= 0.6 is 11.3 Å². The molecule has 0 amide bonds. The Kier molecular flexibility index (Phi) is 4.33. The van der Waals surface area contributed by atoms with Crippen LogP contribution in [0.1, 0.15) is 50.2 Å². The van der Waals surface area contributed by atoms with Gasteiger partial charge in [-0.25, -0.2) is 8.42 Å². The van der Waals surface area contributed by atoms with Crippen molar-refractivity contribution >= 4 is 21.4 Å². The highest BCUT2D eigenvalue weighted by atomic mass is 32.2. The molecule has 8 heteroatoms. The van der Waals surface area contributed by atoms with Crippen molar-refractivity contribution in [3.8, 4) is 0 Å². The third-order valence-electron chi connectivity index (χ3n) is 3.87. The van der Waals surface area contributed by atoms with E-state index >= 15 is 0 Å². The highest BCUT2D eigenvalue weighted by Crippen LogP contribution is 2.31. The molecule has 0 saturated carbocycles. The van der Waals surface area contributed by atoms with E-state index in [1.807, 2.05) is 13.8 Å². The SMILES string of the molecule is CC(C)c1noc(C2CCN(S(=O)(=O)c3cccs3)CC2)n1. The zero-order chi connectivity index (χ0) is 15.7. The number of piperidine rings is 1. The first-order chi connectivity index (χ1) is 10.5. The molecule has 0 bridgehead atoms. The molecule has 1 fully saturated rings. The summed E-state index contributed by atoms with van der Waals surface area (Å²) in [6.07, 6.45) is 1.43. The molecule has 0 radical (unpaired) electrons. The molecule has 3 rings (SSSR count). The molecule has 6 nitrogen and oxygen atoms in total. The van der Waals surface area contributed by atoms with E-state index in [0.29, 0.717) is 41.9 Å². The lowest BCUT2D eigenvalue weighted by Gasteiger charge is -2.29. The van der Waals surface area contributed by atoms with E-state index in [9.17, 15) is 8.42 Å². The molecule has 0 aromatic carbocycles. The van der Waals surface area contributed by atoms with Crippen LogP contribution in [0.25, 0.3) is 0 Å². The van der Waals surface area contributed by atoms with Crippen LogP contribution in [0.15, 0.2) is 26.2 Å². The van der Waals surface area contributed by atoms with E-state index in [1.54, 1.807) is 21.8 Å². The number of nitrogens with zero attached hydrogens (tertiary/aromatic N) is 3. The summed E-state index contributed by atoms with van der Waals surface area (Å²) in [6.45, 7) is 5.02. The lowest BCUT2D eigenvalue weighted by atomic mass is 9.98. The Balaban J connectivity index is 1.67. The van der Waals surface area contributed by atoms with E-state index < -0.39 is 10.0 Å². The minimum Gasteiger partial charge on any atom is -0.339 e. The van der Waals surface area contributed by atoms with Crippen LogP contribution in [0.5, 0.6) is 0 Å². The molecular weight excluding hydrogens is 322 g/mol. The van der Waals surface area contributed by atoms with Crippen LogP contribution in [0.4, 0.5) is 0 Å². The Morgan fingerprint density at radius 1 is 1.36 bits per heavy atom. The first-order valence-corrected chi connectivity index (χ1v) is 9.67. The zero-order valence-corrected chi connectivity index (χ0v) is 14.2. The van der Waals surface area contributed by atoms with Gasteiger partial charge < -0.3 is 4.52 Å². The highest BCUT2D eigenvalue weighted by molar-refractivity contribution is 7.91. The smallest absolute Gasteiger partial charge is 0.252 e. The minimum absolute atomic E-state index is 0.148. The standard InChI is InChI=1S/C14H19N3O3S2/c1-10(2)13-15-14(20-16-13)11-5-7-17(8-6-11)22(18,19)12-4-3-9-21-12/h3-4,9-11H,5-8H2,1-2H3. The summed E-state index contributed by atoms with van der Waals surface area (Å²) < 4.78 is 32.2. The van der Waals surface area contributed by atoms with Crippen molar-refractivity contribution in [3.05, 3.63) is 29.2 Å². The van der Waals surface area contributed by atoms with Gasteiger partial charge in [-0.05, 0) is 24.3 Å². The van der Waals surface area contributed by atoms with Gasteiger partial charge in [-0.15, -0.1) is 11.3 Å². The van der Waals surface area contributed by atoms with E-state index in [0.717, 1.165) is 0 Å². The Hall–Kier alpha value is -1.25. The molecule has 120 valence electrons. The second-order valence-corrected chi connectivity index (χ2v) is 8.87. The van der Waals surface area contributed by atoms with Gasteiger partial charge >= 0.3 is 0 Å². The van der Waals surface area contributed by atoms with Crippen LogP contribution in [0.3, 0.4) is 0 Å². The van der Waals surface area contributed by atoms with Gasteiger partial charge in [-0.3, -0.25) is 0 Å². The minimum atomic E-state index is -3.35. The fraction of sp³-hybridized carbons (Fsp3) is 0.571. The molecule has 1 aliphatic rings. The fourth-order valence-corrected chi connectivity index (χ4v) is 5.14. The van der Waals surface area contributed by atoms with Crippen molar-refractivity contribution < 1.29 is 12.9 Å². The average Bonchev–Trinajstić information content (AvgIpc) is 3.19. The Bertz CT molecular complexity index is 714. The molecule has 0 atom stereocenters. The maximum Gasteiger partial charge on any atom is 0.252 e. The Labute approximate surface area is 134 Å². The topological polar surface area (TPSA) is 76.3 Å². The first-order valence-electron chi connectivity index (χ1n) is 7.35.